The third-order valence-corrected chi connectivity index (χ3v) is 3.46. The Morgan fingerprint density at radius 2 is 2.00 bits per heavy atom. The Morgan fingerprint density at radius 3 is 2.76 bits per heavy atom. The van der Waals surface area contributed by atoms with Crippen molar-refractivity contribution in [1.29, 1.82) is 0 Å². The maximum atomic E-state index is 11.5. The van der Waals surface area contributed by atoms with Crippen molar-refractivity contribution in [1.82, 2.24) is 9.72 Å². The minimum atomic E-state index is -0.779. The molecule has 0 unspecified atom stereocenters. The largest absolute Gasteiger partial charge is 0.481 e. The second kappa shape index (κ2) is 7.60. The van der Waals surface area contributed by atoms with Gasteiger partial charge in [0, 0.05) is 10.6 Å². The van der Waals surface area contributed by atoms with E-state index >= 15 is 0 Å². The van der Waals surface area contributed by atoms with Gasteiger partial charge in [0.1, 0.15) is 12.4 Å². The number of nitrogens with one attached hydrogen (secondary N) is 1. The van der Waals surface area contributed by atoms with E-state index in [1.807, 2.05) is 29.2 Å². The first-order valence-corrected chi connectivity index (χ1v) is 7.74. The first-order chi connectivity index (χ1) is 12.1. The molecule has 0 amide bonds. The standard InChI is InChI=1S/C18H13ClN2O4/c19-15-7-2-8-16(11-15)24-9-3-6-13-4-1-5-14(10-13)12-21-17(22)20-18(23)25-21/h1-2,4-5,7-8,10-11H,9,12H2,(H,20,22,23). The number of hydrogen-bond donors (Lipinski definition) is 1. The van der Waals surface area contributed by atoms with Gasteiger partial charge in [-0.3, -0.25) is 0 Å². The monoisotopic (exact) mass is 356 g/mol. The number of hydrogen-bond acceptors (Lipinski definition) is 4. The lowest BCUT2D eigenvalue weighted by Gasteiger charge is -2.02. The van der Waals surface area contributed by atoms with Crippen LogP contribution in [0.5, 0.6) is 5.75 Å². The summed E-state index contributed by atoms with van der Waals surface area (Å²) in [5.74, 6) is 5.76. The van der Waals surface area contributed by atoms with Gasteiger partial charge in [-0.1, -0.05) is 41.6 Å². The Labute approximate surface area is 147 Å². The molecule has 0 aliphatic carbocycles. The molecule has 1 aromatic heterocycles. The van der Waals surface area contributed by atoms with Crippen LogP contribution in [0.1, 0.15) is 11.1 Å². The van der Waals surface area contributed by atoms with Crippen LogP contribution in [0.4, 0.5) is 0 Å². The maximum absolute atomic E-state index is 11.5. The zero-order valence-electron chi connectivity index (χ0n) is 13.0. The molecule has 126 valence electrons. The van der Waals surface area contributed by atoms with E-state index in [-0.39, 0.29) is 13.2 Å². The molecule has 0 spiro atoms. The lowest BCUT2D eigenvalue weighted by molar-refractivity contribution is 0.258. The number of rotatable bonds is 4. The highest BCUT2D eigenvalue weighted by Gasteiger charge is 2.03. The van der Waals surface area contributed by atoms with E-state index in [1.165, 1.54) is 0 Å². The second-order valence-electron chi connectivity index (χ2n) is 5.09. The molecule has 25 heavy (non-hydrogen) atoms. The quantitative estimate of drug-likeness (QED) is 0.727. The normalized spacial score (nSPS) is 10.1. The number of H-pyrrole nitrogens is 1. The van der Waals surface area contributed by atoms with Crippen molar-refractivity contribution in [3.8, 4) is 17.6 Å². The smallest absolute Gasteiger partial charge is 0.440 e. The van der Waals surface area contributed by atoms with Crippen molar-refractivity contribution in [2.75, 3.05) is 6.61 Å². The van der Waals surface area contributed by atoms with Crippen molar-refractivity contribution >= 4 is 11.6 Å². The van der Waals surface area contributed by atoms with Gasteiger partial charge in [0.2, 0.25) is 0 Å². The molecule has 0 saturated carbocycles. The van der Waals surface area contributed by atoms with Crippen molar-refractivity contribution in [2.45, 2.75) is 6.54 Å². The number of aromatic nitrogens is 2. The third kappa shape index (κ3) is 4.66. The fraction of sp³-hybridized carbons (Fsp3) is 0.111. The van der Waals surface area contributed by atoms with Crippen molar-refractivity contribution in [2.24, 2.45) is 0 Å². The summed E-state index contributed by atoms with van der Waals surface area (Å²) in [4.78, 5) is 24.5. The molecule has 1 heterocycles. The lowest BCUT2D eigenvalue weighted by atomic mass is 10.1. The van der Waals surface area contributed by atoms with Gasteiger partial charge in [-0.15, -0.1) is 4.74 Å². The first kappa shape index (κ1) is 16.7. The molecular weight excluding hydrogens is 344 g/mol. The summed E-state index contributed by atoms with van der Waals surface area (Å²) in [6.07, 6.45) is 0. The van der Waals surface area contributed by atoms with Gasteiger partial charge in [0.05, 0.1) is 6.54 Å². The molecule has 0 atom stereocenters. The fourth-order valence-electron chi connectivity index (χ4n) is 2.15. The summed E-state index contributed by atoms with van der Waals surface area (Å²) in [5, 5.41) is 0.602. The number of nitrogens with zero attached hydrogens (tertiary/aromatic N) is 1. The van der Waals surface area contributed by atoms with Crippen LogP contribution >= 0.6 is 11.6 Å². The SMILES string of the molecule is O=c1[nH]c(=O)n(Cc2cccc(C#CCOc3cccc(Cl)c3)c2)o1. The predicted molar refractivity (Wildman–Crippen MR) is 93.0 cm³/mol. The minimum absolute atomic E-state index is 0.145. The van der Waals surface area contributed by atoms with Crippen molar-refractivity contribution in [3.63, 3.8) is 0 Å². The zero-order valence-corrected chi connectivity index (χ0v) is 13.7. The second-order valence-corrected chi connectivity index (χ2v) is 5.53. The van der Waals surface area contributed by atoms with Crippen LogP contribution in [0.2, 0.25) is 5.02 Å². The van der Waals surface area contributed by atoms with Gasteiger partial charge >= 0.3 is 11.4 Å². The summed E-state index contributed by atoms with van der Waals surface area (Å²) >= 11 is 5.88. The van der Waals surface area contributed by atoms with Gasteiger partial charge in [0.25, 0.3) is 0 Å². The molecule has 0 fully saturated rings. The molecule has 3 rings (SSSR count). The van der Waals surface area contributed by atoms with Crippen LogP contribution in [0, 0.1) is 11.8 Å². The number of halogens is 1. The molecule has 0 bridgehead atoms. The summed E-state index contributed by atoms with van der Waals surface area (Å²) in [6.45, 7) is 0.364. The van der Waals surface area contributed by atoms with Crippen molar-refractivity contribution in [3.05, 3.63) is 85.7 Å². The van der Waals surface area contributed by atoms with Crippen LogP contribution in [-0.2, 0) is 6.54 Å². The van der Waals surface area contributed by atoms with Gasteiger partial charge in [-0.2, -0.15) is 0 Å². The molecule has 0 saturated heterocycles. The molecule has 6 nitrogen and oxygen atoms in total. The maximum Gasteiger partial charge on any atom is 0.440 e. The van der Waals surface area contributed by atoms with E-state index in [0.29, 0.717) is 10.8 Å². The van der Waals surface area contributed by atoms with Crippen LogP contribution in [0.15, 0.2) is 62.6 Å². The van der Waals surface area contributed by atoms with Crippen LogP contribution in [0.3, 0.4) is 0 Å². The van der Waals surface area contributed by atoms with Gasteiger partial charge in [0.15, 0.2) is 0 Å². The molecule has 2 aromatic carbocycles. The summed E-state index contributed by atoms with van der Waals surface area (Å²) in [7, 11) is 0. The van der Waals surface area contributed by atoms with Crippen LogP contribution < -0.4 is 16.2 Å². The third-order valence-electron chi connectivity index (χ3n) is 3.22. The highest BCUT2D eigenvalue weighted by Crippen LogP contribution is 2.16. The Hall–Kier alpha value is -3.17. The first-order valence-electron chi connectivity index (χ1n) is 7.37. The molecular formula is C18H13ClN2O4. The van der Waals surface area contributed by atoms with E-state index in [0.717, 1.165) is 15.9 Å². The van der Waals surface area contributed by atoms with E-state index in [9.17, 15) is 9.59 Å². The van der Waals surface area contributed by atoms with E-state index < -0.39 is 11.4 Å². The molecule has 7 heteroatoms. The molecule has 0 aliphatic heterocycles. The van der Waals surface area contributed by atoms with Crippen LogP contribution in [-0.4, -0.2) is 16.3 Å². The van der Waals surface area contributed by atoms with E-state index in [4.69, 9.17) is 20.9 Å². The number of aromatic amines is 1. The molecule has 3 aromatic rings. The van der Waals surface area contributed by atoms with Crippen molar-refractivity contribution < 1.29 is 9.26 Å². The predicted octanol–water partition coefficient (Wildman–Crippen LogP) is 2.26. The Bertz CT molecular complexity index is 1050. The minimum Gasteiger partial charge on any atom is -0.481 e. The Kier molecular flexibility index (Phi) is 5.07. The average Bonchev–Trinajstić information content (AvgIpc) is 2.89. The molecule has 0 radical (unpaired) electrons. The fourth-order valence-corrected chi connectivity index (χ4v) is 2.33. The summed E-state index contributed by atoms with van der Waals surface area (Å²) in [6, 6.07) is 14.4. The number of ether oxygens (including phenoxy) is 1. The van der Waals surface area contributed by atoms with Gasteiger partial charge in [-0.25, -0.2) is 14.6 Å². The van der Waals surface area contributed by atoms with E-state index in [2.05, 4.69) is 11.8 Å². The van der Waals surface area contributed by atoms with Crippen LogP contribution in [0.25, 0.3) is 0 Å². The lowest BCUT2D eigenvalue weighted by Crippen LogP contribution is -2.17. The Morgan fingerprint density at radius 1 is 1.16 bits per heavy atom. The summed E-state index contributed by atoms with van der Waals surface area (Å²) in [5.41, 5.74) is 0.960. The van der Waals surface area contributed by atoms with Gasteiger partial charge in [-0.05, 0) is 35.9 Å². The highest BCUT2D eigenvalue weighted by molar-refractivity contribution is 6.30. The van der Waals surface area contributed by atoms with Gasteiger partial charge < -0.3 is 9.26 Å². The zero-order chi connectivity index (χ0) is 17.6. The number of benzene rings is 2. The Balaban J connectivity index is 1.65. The molecule has 0 aliphatic rings. The topological polar surface area (TPSA) is 77.2 Å². The average molecular weight is 357 g/mol. The summed E-state index contributed by atoms with van der Waals surface area (Å²) < 4.78 is 11.2. The highest BCUT2D eigenvalue weighted by atomic mass is 35.5. The van der Waals surface area contributed by atoms with E-state index in [1.54, 1.807) is 24.3 Å². The molecule has 1 N–H and O–H groups in total.